The molecule has 10 rings (SSSR count). The molecule has 0 N–H and O–H groups in total. The Bertz CT molecular complexity index is 2970. The van der Waals surface area contributed by atoms with E-state index >= 15 is 0 Å². The van der Waals surface area contributed by atoms with Crippen molar-refractivity contribution in [2.24, 2.45) is 0 Å². The first-order valence-electron chi connectivity index (χ1n) is 17.5. The van der Waals surface area contributed by atoms with Gasteiger partial charge in [-0.25, -0.2) is 9.97 Å². The van der Waals surface area contributed by atoms with Crippen molar-refractivity contribution in [3.8, 4) is 74.6 Å². The van der Waals surface area contributed by atoms with Crippen molar-refractivity contribution in [1.82, 2.24) is 9.97 Å². The summed E-state index contributed by atoms with van der Waals surface area (Å²) in [5.41, 5.74) is 11.5. The highest BCUT2D eigenvalue weighted by Gasteiger charge is 2.50. The Morgan fingerprint density at radius 1 is 0.444 bits per heavy atom. The van der Waals surface area contributed by atoms with E-state index in [0.29, 0.717) is 33.5 Å². The lowest BCUT2D eigenvalue weighted by Gasteiger charge is -2.39. The molecule has 1 aliphatic heterocycles. The highest BCUT2D eigenvalue weighted by atomic mass is 16.5. The van der Waals surface area contributed by atoms with Crippen LogP contribution in [0, 0.1) is 34.0 Å². The lowest BCUT2D eigenvalue weighted by molar-refractivity contribution is 0.436. The molecule has 0 atom stereocenters. The van der Waals surface area contributed by atoms with Crippen LogP contribution in [0.4, 0.5) is 0 Å². The van der Waals surface area contributed by atoms with E-state index in [-0.39, 0.29) is 11.1 Å². The summed E-state index contributed by atoms with van der Waals surface area (Å²) >= 11 is 0. The maximum Gasteiger partial charge on any atom is 0.160 e. The van der Waals surface area contributed by atoms with Gasteiger partial charge in [0.25, 0.3) is 0 Å². The molecular weight excluding hydrogens is 663 g/mol. The molecular formula is C48H25N5O. The fraction of sp³-hybridized carbons (Fsp3) is 0.0208. The molecule has 6 heteroatoms. The zero-order valence-electron chi connectivity index (χ0n) is 28.6. The topological polar surface area (TPSA) is 106 Å². The van der Waals surface area contributed by atoms with Gasteiger partial charge < -0.3 is 4.74 Å². The number of nitrogens with zero attached hydrogens (tertiary/aromatic N) is 5. The van der Waals surface area contributed by atoms with Gasteiger partial charge >= 0.3 is 0 Å². The quantitative estimate of drug-likeness (QED) is 0.183. The van der Waals surface area contributed by atoms with Crippen LogP contribution in [0.25, 0.3) is 55.8 Å². The third-order valence-corrected chi connectivity index (χ3v) is 10.7. The van der Waals surface area contributed by atoms with Crippen LogP contribution in [0.5, 0.6) is 11.5 Å². The largest absolute Gasteiger partial charge is 0.457 e. The molecule has 0 saturated heterocycles. The van der Waals surface area contributed by atoms with Crippen LogP contribution in [0.15, 0.2) is 152 Å². The Morgan fingerprint density at radius 2 is 1.04 bits per heavy atom. The number of nitriles is 3. The fourth-order valence-electron chi connectivity index (χ4n) is 8.34. The van der Waals surface area contributed by atoms with Crippen LogP contribution in [0.1, 0.15) is 38.9 Å². The van der Waals surface area contributed by atoms with E-state index in [1.165, 1.54) is 11.1 Å². The van der Waals surface area contributed by atoms with E-state index < -0.39 is 5.41 Å². The minimum absolute atomic E-state index is 0.225. The number of ether oxygens (including phenoxy) is 1. The summed E-state index contributed by atoms with van der Waals surface area (Å²) < 4.78 is 6.47. The van der Waals surface area contributed by atoms with Crippen molar-refractivity contribution in [1.29, 1.82) is 15.8 Å². The second kappa shape index (κ2) is 11.9. The molecule has 54 heavy (non-hydrogen) atoms. The minimum Gasteiger partial charge on any atom is -0.457 e. The number of rotatable bonds is 3. The van der Waals surface area contributed by atoms with E-state index in [1.54, 1.807) is 12.1 Å². The third kappa shape index (κ3) is 4.37. The van der Waals surface area contributed by atoms with Gasteiger partial charge in [-0.1, -0.05) is 115 Å². The molecule has 1 aromatic heterocycles. The van der Waals surface area contributed by atoms with Crippen LogP contribution in [-0.2, 0) is 5.41 Å². The summed E-state index contributed by atoms with van der Waals surface area (Å²) in [7, 11) is 0. The average Bonchev–Trinajstić information content (AvgIpc) is 3.52. The number of hydrogen-bond donors (Lipinski definition) is 0. The molecule has 0 bridgehead atoms. The van der Waals surface area contributed by atoms with Crippen molar-refractivity contribution >= 4 is 10.9 Å². The zero-order chi connectivity index (χ0) is 36.4. The van der Waals surface area contributed by atoms with Gasteiger partial charge in [0.15, 0.2) is 5.82 Å². The van der Waals surface area contributed by atoms with Gasteiger partial charge in [0.2, 0.25) is 0 Å². The van der Waals surface area contributed by atoms with Crippen LogP contribution >= 0.6 is 0 Å². The minimum atomic E-state index is -0.560. The van der Waals surface area contributed by atoms with Gasteiger partial charge in [-0.3, -0.25) is 0 Å². The molecule has 1 aliphatic carbocycles. The molecule has 248 valence electrons. The lowest BCUT2D eigenvalue weighted by atomic mass is 9.66. The number of benzene rings is 7. The molecule has 0 amide bonds. The standard InChI is InChI=1S/C48H25N5O/c49-26-32-24-38-43(25-33(32)27-50)52-47(29-10-2-1-3-11-29)53-46(38)35-20-18-30(22-34(35)28-51)31-19-21-40-37(23-31)36-12-4-5-13-39(36)48(40)41-14-6-8-16-44(41)54-45-17-9-7-15-42(45)48/h1-25H. The molecule has 0 fully saturated rings. The predicted molar refractivity (Wildman–Crippen MR) is 207 cm³/mol. The van der Waals surface area contributed by atoms with E-state index in [4.69, 9.17) is 14.7 Å². The first-order valence-corrected chi connectivity index (χ1v) is 17.5. The van der Waals surface area contributed by atoms with Crippen LogP contribution in [0.2, 0.25) is 0 Å². The molecule has 6 nitrogen and oxygen atoms in total. The summed E-state index contributed by atoms with van der Waals surface area (Å²) in [6.07, 6.45) is 0. The Labute approximate surface area is 311 Å². The van der Waals surface area contributed by atoms with Gasteiger partial charge in [0, 0.05) is 27.6 Å². The molecule has 0 unspecified atom stereocenters. The van der Waals surface area contributed by atoms with Gasteiger partial charge in [-0.15, -0.1) is 0 Å². The first kappa shape index (κ1) is 30.9. The Balaban J connectivity index is 1.16. The van der Waals surface area contributed by atoms with Gasteiger partial charge in [0.05, 0.1) is 39.4 Å². The zero-order valence-corrected chi connectivity index (χ0v) is 28.6. The number of para-hydroxylation sites is 2. The summed E-state index contributed by atoms with van der Waals surface area (Å²) in [4.78, 5) is 9.77. The smallest absolute Gasteiger partial charge is 0.160 e. The molecule has 0 saturated carbocycles. The predicted octanol–water partition coefficient (Wildman–Crippen LogP) is 10.7. The molecule has 8 aromatic rings. The van der Waals surface area contributed by atoms with Crippen molar-refractivity contribution in [3.05, 3.63) is 191 Å². The van der Waals surface area contributed by atoms with Gasteiger partial charge in [-0.2, -0.15) is 15.8 Å². The van der Waals surface area contributed by atoms with Crippen molar-refractivity contribution in [2.75, 3.05) is 0 Å². The van der Waals surface area contributed by atoms with Gasteiger partial charge in [-0.05, 0) is 69.8 Å². The van der Waals surface area contributed by atoms with Crippen LogP contribution in [0.3, 0.4) is 0 Å². The summed E-state index contributed by atoms with van der Waals surface area (Å²) in [5, 5.41) is 30.9. The van der Waals surface area contributed by atoms with Crippen molar-refractivity contribution in [2.45, 2.75) is 5.41 Å². The number of hydrogen-bond acceptors (Lipinski definition) is 6. The average molecular weight is 688 g/mol. The molecule has 1 spiro atoms. The van der Waals surface area contributed by atoms with E-state index in [2.05, 4.69) is 84.9 Å². The van der Waals surface area contributed by atoms with Crippen LogP contribution in [-0.4, -0.2) is 9.97 Å². The van der Waals surface area contributed by atoms with E-state index in [1.807, 2.05) is 72.8 Å². The van der Waals surface area contributed by atoms with E-state index in [9.17, 15) is 15.8 Å². The summed E-state index contributed by atoms with van der Waals surface area (Å²) in [6.45, 7) is 0. The van der Waals surface area contributed by atoms with E-state index in [0.717, 1.165) is 50.4 Å². The maximum absolute atomic E-state index is 10.6. The molecule has 2 heterocycles. The maximum atomic E-state index is 10.6. The normalized spacial score (nSPS) is 12.7. The Hall–Kier alpha value is -7.85. The number of fused-ring (bicyclic) bond motifs is 10. The summed E-state index contributed by atoms with van der Waals surface area (Å²) in [5.74, 6) is 2.15. The molecule has 7 aromatic carbocycles. The molecule has 2 aliphatic rings. The van der Waals surface area contributed by atoms with Crippen molar-refractivity contribution < 1.29 is 4.74 Å². The van der Waals surface area contributed by atoms with Crippen LogP contribution < -0.4 is 4.74 Å². The van der Waals surface area contributed by atoms with Crippen molar-refractivity contribution in [3.63, 3.8) is 0 Å². The number of aromatic nitrogens is 2. The Morgan fingerprint density at radius 3 is 1.76 bits per heavy atom. The van der Waals surface area contributed by atoms with Gasteiger partial charge in [0.1, 0.15) is 23.6 Å². The highest BCUT2D eigenvalue weighted by Crippen LogP contribution is 2.62. The molecule has 0 radical (unpaired) electrons. The first-order chi connectivity index (χ1) is 26.6. The monoisotopic (exact) mass is 687 g/mol. The highest BCUT2D eigenvalue weighted by molar-refractivity contribution is 5.97. The second-order valence-corrected chi connectivity index (χ2v) is 13.4. The lowest BCUT2D eigenvalue weighted by Crippen LogP contribution is -2.32. The fourth-order valence-corrected chi connectivity index (χ4v) is 8.34. The second-order valence-electron chi connectivity index (χ2n) is 13.4. The third-order valence-electron chi connectivity index (χ3n) is 10.7. The Kier molecular flexibility index (Phi) is 6.79. The SMILES string of the molecule is N#Cc1cc2nc(-c3ccccc3)nc(-c3ccc(-c4ccc5c(c4)-c4ccccc4C54c5ccccc5Oc5ccccc54)cc3C#N)c2cc1C#N. The summed E-state index contributed by atoms with van der Waals surface area (Å²) in [6, 6.07) is 57.2.